The lowest BCUT2D eigenvalue weighted by molar-refractivity contribution is -0.108. The van der Waals surface area contributed by atoms with E-state index in [0.29, 0.717) is 6.29 Å². The molecule has 4 heteroatoms. The Kier molecular flexibility index (Phi) is 1.99. The van der Waals surface area contributed by atoms with Crippen molar-refractivity contribution in [1.82, 2.24) is 5.32 Å². The summed E-state index contributed by atoms with van der Waals surface area (Å²) in [6.07, 6.45) is 0.653. The Bertz CT molecular complexity index is 138. The first-order chi connectivity index (χ1) is 4.64. The van der Waals surface area contributed by atoms with E-state index < -0.39 is 5.92 Å². The standard InChI is InChI=1S/C6H9F2NO/c7-6(8)3-5(1-2-10)9-4-6/h2,5,9H,1,3-4H2. The highest BCUT2D eigenvalue weighted by molar-refractivity contribution is 5.50. The maximum Gasteiger partial charge on any atom is 0.261 e. The van der Waals surface area contributed by atoms with Crippen LogP contribution in [0.4, 0.5) is 8.78 Å². The quantitative estimate of drug-likeness (QED) is 0.581. The summed E-state index contributed by atoms with van der Waals surface area (Å²) < 4.78 is 24.7. The minimum absolute atomic E-state index is 0.190. The van der Waals surface area contributed by atoms with Gasteiger partial charge < -0.3 is 10.1 Å². The molecule has 1 N–H and O–H groups in total. The predicted molar refractivity (Wildman–Crippen MR) is 32.0 cm³/mol. The van der Waals surface area contributed by atoms with Gasteiger partial charge in [0.15, 0.2) is 0 Å². The summed E-state index contributed by atoms with van der Waals surface area (Å²) in [6.45, 7) is -0.286. The molecular formula is C6H9F2NO. The molecule has 0 radical (unpaired) electrons. The Morgan fingerprint density at radius 2 is 2.40 bits per heavy atom. The van der Waals surface area contributed by atoms with Gasteiger partial charge in [-0.1, -0.05) is 0 Å². The van der Waals surface area contributed by atoms with Crippen molar-refractivity contribution in [2.24, 2.45) is 0 Å². The van der Waals surface area contributed by atoms with Crippen LogP contribution in [0.5, 0.6) is 0 Å². The van der Waals surface area contributed by atoms with Crippen LogP contribution in [0.25, 0.3) is 0 Å². The van der Waals surface area contributed by atoms with Gasteiger partial charge in [0.2, 0.25) is 0 Å². The molecule has 1 atom stereocenters. The number of alkyl halides is 2. The summed E-state index contributed by atoms with van der Waals surface area (Å²) in [5, 5.41) is 2.57. The Morgan fingerprint density at radius 3 is 2.80 bits per heavy atom. The lowest BCUT2D eigenvalue weighted by Crippen LogP contribution is -2.22. The van der Waals surface area contributed by atoms with Crippen molar-refractivity contribution in [3.8, 4) is 0 Å². The molecule has 1 heterocycles. The second-order valence-corrected chi connectivity index (χ2v) is 2.54. The third-order valence-electron chi connectivity index (χ3n) is 1.58. The fourth-order valence-corrected chi connectivity index (χ4v) is 1.08. The van der Waals surface area contributed by atoms with Crippen LogP contribution >= 0.6 is 0 Å². The van der Waals surface area contributed by atoms with Crippen LogP contribution in [0.3, 0.4) is 0 Å². The molecule has 0 saturated carbocycles. The Hall–Kier alpha value is -0.510. The molecule has 1 fully saturated rings. The largest absolute Gasteiger partial charge is 0.308 e. The second kappa shape index (κ2) is 2.62. The van der Waals surface area contributed by atoms with E-state index in [9.17, 15) is 13.6 Å². The molecule has 0 aromatic rings. The maximum absolute atomic E-state index is 12.3. The van der Waals surface area contributed by atoms with Gasteiger partial charge >= 0.3 is 0 Å². The van der Waals surface area contributed by atoms with E-state index in [0.717, 1.165) is 0 Å². The molecule has 1 aliphatic rings. The van der Waals surface area contributed by atoms with Crippen molar-refractivity contribution in [1.29, 1.82) is 0 Å². The number of aldehydes is 1. The van der Waals surface area contributed by atoms with Gasteiger partial charge in [0.25, 0.3) is 5.92 Å². The predicted octanol–water partition coefficient (Wildman–Crippen LogP) is 0.573. The number of hydrogen-bond acceptors (Lipinski definition) is 2. The van der Waals surface area contributed by atoms with Gasteiger partial charge in [0.1, 0.15) is 6.29 Å². The first-order valence-electron chi connectivity index (χ1n) is 3.19. The van der Waals surface area contributed by atoms with E-state index in [1.165, 1.54) is 0 Å². The third kappa shape index (κ3) is 1.73. The molecule has 0 bridgehead atoms. The molecule has 0 amide bonds. The molecule has 1 rings (SSSR count). The van der Waals surface area contributed by atoms with Crippen LogP contribution in [0.15, 0.2) is 0 Å². The summed E-state index contributed by atoms with van der Waals surface area (Å²) in [7, 11) is 0. The maximum atomic E-state index is 12.3. The molecule has 0 aliphatic carbocycles. The Morgan fingerprint density at radius 1 is 1.70 bits per heavy atom. The van der Waals surface area contributed by atoms with Crippen molar-refractivity contribution >= 4 is 6.29 Å². The molecular weight excluding hydrogens is 140 g/mol. The minimum atomic E-state index is -2.60. The van der Waals surface area contributed by atoms with Crippen LogP contribution < -0.4 is 5.32 Å². The number of carbonyl (C=O) groups excluding carboxylic acids is 1. The van der Waals surface area contributed by atoms with Crippen molar-refractivity contribution in [2.75, 3.05) is 6.54 Å². The molecule has 10 heavy (non-hydrogen) atoms. The number of hydrogen-bond donors (Lipinski definition) is 1. The summed E-state index contributed by atoms with van der Waals surface area (Å²) in [6, 6.07) is -0.313. The van der Waals surface area contributed by atoms with Gasteiger partial charge in [0, 0.05) is 18.9 Å². The summed E-state index contributed by atoms with van der Waals surface area (Å²) >= 11 is 0. The Labute approximate surface area is 57.6 Å². The molecule has 0 aromatic carbocycles. The number of halogens is 2. The lowest BCUT2D eigenvalue weighted by Gasteiger charge is -2.04. The molecule has 1 saturated heterocycles. The fourth-order valence-electron chi connectivity index (χ4n) is 1.08. The van der Waals surface area contributed by atoms with Crippen molar-refractivity contribution in [3.05, 3.63) is 0 Å². The number of nitrogens with one attached hydrogen (secondary N) is 1. The van der Waals surface area contributed by atoms with Crippen LogP contribution in [0, 0.1) is 0 Å². The van der Waals surface area contributed by atoms with E-state index in [1.54, 1.807) is 0 Å². The lowest BCUT2D eigenvalue weighted by atomic mass is 10.1. The fraction of sp³-hybridized carbons (Fsp3) is 0.833. The molecule has 0 aromatic heterocycles. The van der Waals surface area contributed by atoms with Crippen LogP contribution in [0.1, 0.15) is 12.8 Å². The minimum Gasteiger partial charge on any atom is -0.308 e. The van der Waals surface area contributed by atoms with Crippen LogP contribution in [0.2, 0.25) is 0 Å². The average molecular weight is 149 g/mol. The molecule has 1 aliphatic heterocycles. The van der Waals surface area contributed by atoms with Gasteiger partial charge in [-0.15, -0.1) is 0 Å². The second-order valence-electron chi connectivity index (χ2n) is 2.54. The summed E-state index contributed by atoms with van der Waals surface area (Å²) in [4.78, 5) is 9.89. The number of rotatable bonds is 2. The highest BCUT2D eigenvalue weighted by Gasteiger charge is 2.38. The van der Waals surface area contributed by atoms with Gasteiger partial charge in [-0.3, -0.25) is 0 Å². The zero-order valence-corrected chi connectivity index (χ0v) is 5.44. The molecule has 2 nitrogen and oxygen atoms in total. The van der Waals surface area contributed by atoms with Gasteiger partial charge in [-0.2, -0.15) is 0 Å². The topological polar surface area (TPSA) is 29.1 Å². The summed E-state index contributed by atoms with van der Waals surface area (Å²) in [5.74, 6) is -2.60. The van der Waals surface area contributed by atoms with Gasteiger partial charge in [-0.05, 0) is 0 Å². The zero-order valence-electron chi connectivity index (χ0n) is 5.44. The smallest absolute Gasteiger partial charge is 0.261 e. The molecule has 1 unspecified atom stereocenters. The SMILES string of the molecule is O=CCC1CC(F)(F)CN1. The van der Waals surface area contributed by atoms with Crippen LogP contribution in [-0.2, 0) is 4.79 Å². The number of carbonyl (C=O) groups is 1. The molecule has 58 valence electrons. The average Bonchev–Trinajstić information content (AvgIpc) is 2.12. The van der Waals surface area contributed by atoms with E-state index in [-0.39, 0.29) is 25.4 Å². The zero-order chi connectivity index (χ0) is 7.61. The normalized spacial score (nSPS) is 30.4. The van der Waals surface area contributed by atoms with Crippen LogP contribution in [-0.4, -0.2) is 24.8 Å². The van der Waals surface area contributed by atoms with E-state index in [4.69, 9.17) is 0 Å². The van der Waals surface area contributed by atoms with Gasteiger partial charge in [0.05, 0.1) is 6.54 Å². The molecule has 0 spiro atoms. The van der Waals surface area contributed by atoms with Crippen molar-refractivity contribution < 1.29 is 13.6 Å². The first-order valence-corrected chi connectivity index (χ1v) is 3.19. The van der Waals surface area contributed by atoms with Gasteiger partial charge in [-0.25, -0.2) is 8.78 Å². The third-order valence-corrected chi connectivity index (χ3v) is 1.58. The van der Waals surface area contributed by atoms with E-state index in [1.807, 2.05) is 0 Å². The Balaban J connectivity index is 2.35. The summed E-state index contributed by atoms with van der Waals surface area (Å²) in [5.41, 5.74) is 0. The first kappa shape index (κ1) is 7.60. The van der Waals surface area contributed by atoms with Crippen molar-refractivity contribution in [2.45, 2.75) is 24.8 Å². The monoisotopic (exact) mass is 149 g/mol. The highest BCUT2D eigenvalue weighted by atomic mass is 19.3. The van der Waals surface area contributed by atoms with Crippen molar-refractivity contribution in [3.63, 3.8) is 0 Å². The van der Waals surface area contributed by atoms with E-state index >= 15 is 0 Å². The highest BCUT2D eigenvalue weighted by Crippen LogP contribution is 2.25. The van der Waals surface area contributed by atoms with E-state index in [2.05, 4.69) is 5.32 Å².